The normalized spacial score (nSPS) is 13.6. The van der Waals surface area contributed by atoms with E-state index in [0.29, 0.717) is 45.7 Å². The predicted octanol–water partition coefficient (Wildman–Crippen LogP) is 7.85. The van der Waals surface area contributed by atoms with Crippen molar-refractivity contribution in [3.05, 3.63) is 52.5 Å². The maximum absolute atomic E-state index is 12.6. The summed E-state index contributed by atoms with van der Waals surface area (Å²) in [4.78, 5) is 30.8. The first-order valence-electron chi connectivity index (χ1n) is 14.8. The smallest absolute Gasteiger partial charge is 0.353 e. The molecule has 0 aliphatic carbocycles. The molecule has 0 spiro atoms. The number of oxime groups is 1. The topological polar surface area (TPSA) is 125 Å². The van der Waals surface area contributed by atoms with Gasteiger partial charge in [-0.15, -0.1) is 0 Å². The van der Waals surface area contributed by atoms with E-state index in [4.69, 9.17) is 35.1 Å². The summed E-state index contributed by atoms with van der Waals surface area (Å²) < 4.78 is 23.2. The number of anilines is 1. The Hall–Kier alpha value is -3.28. The molecule has 0 bridgehead atoms. The minimum atomic E-state index is -1.98. The third kappa shape index (κ3) is 11.2. The van der Waals surface area contributed by atoms with Crippen molar-refractivity contribution in [3.8, 4) is 11.5 Å². The van der Waals surface area contributed by atoms with Crippen LogP contribution in [0.2, 0.25) is 23.2 Å². The van der Waals surface area contributed by atoms with Crippen LogP contribution in [-0.4, -0.2) is 62.6 Å². The average Bonchev–Trinajstić information content (AvgIpc) is 2.91. The Morgan fingerprint density at radius 1 is 1.00 bits per heavy atom. The standard InChI is InChI=1S/C33H49ClN2O8Si/c1-21(36-44-33(8,9)30(39)43-31(2,3)4)22-17-24(20-25(18-22)40-10)35-28(29(37)38)26-14-13-23(34)19-27(26)41-15-16-42-45(11,12)32(5,6)7/h13-14,17-20,28,35H,15-16H2,1-12H3,(H,37,38). The Balaban J connectivity index is 2.33. The minimum Gasteiger partial charge on any atom is -0.497 e. The molecule has 2 aromatic rings. The highest BCUT2D eigenvalue weighted by Gasteiger charge is 2.37. The van der Waals surface area contributed by atoms with Gasteiger partial charge in [0.15, 0.2) is 14.4 Å². The summed E-state index contributed by atoms with van der Waals surface area (Å²) in [6.45, 7) is 21.5. The Kier molecular flexibility index (Phi) is 12.5. The number of ether oxygens (including phenoxy) is 3. The van der Waals surface area contributed by atoms with Crippen LogP contribution in [0.15, 0.2) is 41.6 Å². The Bertz CT molecular complexity index is 1380. The number of hydrogen-bond donors (Lipinski definition) is 2. The number of carboxylic acid groups (broad SMARTS) is 1. The molecule has 0 heterocycles. The number of carboxylic acids is 1. The maximum atomic E-state index is 12.6. The fraction of sp³-hybridized carbons (Fsp3) is 0.545. The molecule has 1 unspecified atom stereocenters. The van der Waals surface area contributed by atoms with Crippen LogP contribution in [-0.2, 0) is 23.6 Å². The highest BCUT2D eigenvalue weighted by Crippen LogP contribution is 2.37. The fourth-order valence-electron chi connectivity index (χ4n) is 3.66. The summed E-state index contributed by atoms with van der Waals surface area (Å²) in [5.41, 5.74) is -0.188. The van der Waals surface area contributed by atoms with Crippen molar-refractivity contribution >= 4 is 43.3 Å². The van der Waals surface area contributed by atoms with Crippen molar-refractivity contribution in [1.82, 2.24) is 0 Å². The minimum absolute atomic E-state index is 0.0472. The summed E-state index contributed by atoms with van der Waals surface area (Å²) in [5, 5.41) is 18.0. The molecule has 0 saturated heterocycles. The molecule has 0 saturated carbocycles. The summed E-state index contributed by atoms with van der Waals surface area (Å²) >= 11 is 6.27. The molecular formula is C33H49ClN2O8Si. The van der Waals surface area contributed by atoms with Crippen LogP contribution in [0, 0.1) is 0 Å². The van der Waals surface area contributed by atoms with Gasteiger partial charge in [0.1, 0.15) is 23.7 Å². The molecule has 2 N–H and O–H groups in total. The second-order valence-corrected chi connectivity index (χ2v) is 19.0. The van der Waals surface area contributed by atoms with Crippen molar-refractivity contribution in [2.24, 2.45) is 5.16 Å². The van der Waals surface area contributed by atoms with Gasteiger partial charge in [-0.1, -0.05) is 43.6 Å². The number of aliphatic carboxylic acids is 1. The SMILES string of the molecule is COc1cc(NC(C(=O)O)c2ccc(Cl)cc2OCCO[Si](C)(C)C(C)(C)C)cc(C(C)=NOC(C)(C)C(=O)OC(C)(C)C)c1. The number of methoxy groups -OCH3 is 1. The van der Waals surface area contributed by atoms with E-state index in [2.05, 4.69) is 44.3 Å². The van der Waals surface area contributed by atoms with Gasteiger partial charge in [-0.3, -0.25) is 0 Å². The van der Waals surface area contributed by atoms with Crippen LogP contribution in [0.5, 0.6) is 11.5 Å². The first-order valence-corrected chi connectivity index (χ1v) is 18.1. The highest BCUT2D eigenvalue weighted by atomic mass is 35.5. The number of carbonyl (C=O) groups excluding carboxylic acids is 1. The van der Waals surface area contributed by atoms with Crippen molar-refractivity contribution in [1.29, 1.82) is 0 Å². The Labute approximate surface area is 273 Å². The number of halogens is 1. The zero-order chi connectivity index (χ0) is 34.4. The summed E-state index contributed by atoms with van der Waals surface area (Å²) in [5.74, 6) is -0.899. The molecular weight excluding hydrogens is 616 g/mol. The van der Waals surface area contributed by atoms with Crippen LogP contribution in [0.4, 0.5) is 5.69 Å². The number of hydrogen-bond acceptors (Lipinski definition) is 9. The van der Waals surface area contributed by atoms with Crippen LogP contribution >= 0.6 is 11.6 Å². The molecule has 0 aliphatic rings. The number of esters is 1. The fourth-order valence-corrected chi connectivity index (χ4v) is 4.85. The van der Waals surface area contributed by atoms with Crippen molar-refractivity contribution in [3.63, 3.8) is 0 Å². The van der Waals surface area contributed by atoms with Gasteiger partial charge in [-0.25, -0.2) is 9.59 Å². The van der Waals surface area contributed by atoms with Crippen molar-refractivity contribution in [2.75, 3.05) is 25.6 Å². The van der Waals surface area contributed by atoms with Gasteiger partial charge in [0.2, 0.25) is 5.60 Å². The summed E-state index contributed by atoms with van der Waals surface area (Å²) in [7, 11) is -0.477. The molecule has 250 valence electrons. The molecule has 45 heavy (non-hydrogen) atoms. The van der Waals surface area contributed by atoms with E-state index in [1.807, 2.05) is 0 Å². The third-order valence-electron chi connectivity index (χ3n) is 7.32. The van der Waals surface area contributed by atoms with Crippen molar-refractivity contribution < 1.29 is 38.2 Å². The van der Waals surface area contributed by atoms with Gasteiger partial charge in [0.05, 0.1) is 19.4 Å². The van der Waals surface area contributed by atoms with E-state index in [9.17, 15) is 14.7 Å². The monoisotopic (exact) mass is 664 g/mol. The summed E-state index contributed by atoms with van der Waals surface area (Å²) in [6, 6.07) is 8.75. The largest absolute Gasteiger partial charge is 0.497 e. The van der Waals surface area contributed by atoms with Gasteiger partial charge < -0.3 is 33.9 Å². The highest BCUT2D eigenvalue weighted by molar-refractivity contribution is 6.74. The van der Waals surface area contributed by atoms with Gasteiger partial charge in [0, 0.05) is 27.9 Å². The number of nitrogens with zero attached hydrogens (tertiary/aromatic N) is 1. The molecule has 2 rings (SSSR count). The lowest BCUT2D eigenvalue weighted by atomic mass is 10.0. The van der Waals surface area contributed by atoms with E-state index < -0.39 is 37.5 Å². The van der Waals surface area contributed by atoms with Gasteiger partial charge >= 0.3 is 11.9 Å². The van der Waals surface area contributed by atoms with E-state index >= 15 is 0 Å². The van der Waals surface area contributed by atoms with Crippen LogP contribution < -0.4 is 14.8 Å². The number of benzene rings is 2. The Morgan fingerprint density at radius 2 is 1.64 bits per heavy atom. The summed E-state index contributed by atoms with van der Waals surface area (Å²) in [6.07, 6.45) is 0. The molecule has 2 aromatic carbocycles. The first-order chi connectivity index (χ1) is 20.6. The lowest BCUT2D eigenvalue weighted by molar-refractivity contribution is -0.179. The van der Waals surface area contributed by atoms with E-state index in [-0.39, 0.29) is 11.6 Å². The number of nitrogens with one attached hydrogen (secondary N) is 1. The van der Waals surface area contributed by atoms with Gasteiger partial charge in [-0.2, -0.15) is 0 Å². The predicted molar refractivity (Wildman–Crippen MR) is 180 cm³/mol. The third-order valence-corrected chi connectivity index (χ3v) is 12.1. The Morgan fingerprint density at radius 3 is 2.20 bits per heavy atom. The quantitative estimate of drug-likeness (QED) is 0.0683. The van der Waals surface area contributed by atoms with Crippen LogP contribution in [0.3, 0.4) is 0 Å². The molecule has 0 aliphatic heterocycles. The number of carbonyl (C=O) groups is 2. The second kappa shape index (κ2) is 14.9. The lowest BCUT2D eigenvalue weighted by Crippen LogP contribution is -2.41. The molecule has 10 nitrogen and oxygen atoms in total. The zero-order valence-corrected chi connectivity index (χ0v) is 30.3. The van der Waals surface area contributed by atoms with E-state index in [1.54, 1.807) is 77.9 Å². The first kappa shape index (κ1) is 37.9. The molecule has 0 aromatic heterocycles. The van der Waals surface area contributed by atoms with E-state index in [0.717, 1.165) is 0 Å². The van der Waals surface area contributed by atoms with Crippen LogP contribution in [0.25, 0.3) is 0 Å². The van der Waals surface area contributed by atoms with E-state index in [1.165, 1.54) is 7.11 Å². The molecule has 0 fully saturated rings. The molecule has 12 heteroatoms. The van der Waals surface area contributed by atoms with Crippen LogP contribution in [0.1, 0.15) is 79.5 Å². The molecule has 1 atom stereocenters. The van der Waals surface area contributed by atoms with Gasteiger partial charge in [-0.05, 0) is 83.9 Å². The lowest BCUT2D eigenvalue weighted by Gasteiger charge is -2.36. The zero-order valence-electron chi connectivity index (χ0n) is 28.6. The average molecular weight is 665 g/mol. The van der Waals surface area contributed by atoms with Crippen molar-refractivity contribution in [2.45, 2.75) is 97.7 Å². The maximum Gasteiger partial charge on any atom is 0.353 e. The van der Waals surface area contributed by atoms with Gasteiger partial charge in [0.25, 0.3) is 0 Å². The molecule has 0 amide bonds. The number of rotatable bonds is 14. The second-order valence-electron chi connectivity index (χ2n) is 13.8. The molecule has 0 radical (unpaired) electrons.